The second-order valence-corrected chi connectivity index (χ2v) is 6.59. The number of nitrogens with zero attached hydrogens (tertiary/aromatic N) is 4. The van der Waals surface area contributed by atoms with E-state index in [1.54, 1.807) is 35.5 Å². The zero-order valence-electron chi connectivity index (χ0n) is 15.5. The van der Waals surface area contributed by atoms with E-state index in [0.29, 0.717) is 25.2 Å². The predicted molar refractivity (Wildman–Crippen MR) is 90.1 cm³/mol. The molecule has 0 spiro atoms. The van der Waals surface area contributed by atoms with Gasteiger partial charge < -0.3 is 15.0 Å². The van der Waals surface area contributed by atoms with Crippen LogP contribution in [0.15, 0.2) is 36.9 Å². The van der Waals surface area contributed by atoms with E-state index in [0.717, 1.165) is 5.56 Å². The number of aromatic nitrogens is 4. The maximum Gasteiger partial charge on any atom is 0.430 e. The van der Waals surface area contributed by atoms with Gasteiger partial charge in [0.15, 0.2) is 18.6 Å². The van der Waals surface area contributed by atoms with Crippen LogP contribution >= 0.6 is 0 Å². The van der Waals surface area contributed by atoms with E-state index in [2.05, 4.69) is 15.1 Å². The van der Waals surface area contributed by atoms with Crippen LogP contribution in [0.4, 0.5) is 13.2 Å². The van der Waals surface area contributed by atoms with Crippen molar-refractivity contribution in [1.29, 1.82) is 0 Å². The number of hydrogen-bond donors (Lipinski definition) is 1. The van der Waals surface area contributed by atoms with Gasteiger partial charge in [-0.3, -0.25) is 9.59 Å². The fourth-order valence-corrected chi connectivity index (χ4v) is 2.42. The quantitative estimate of drug-likeness (QED) is 0.626. The van der Waals surface area contributed by atoms with Crippen molar-refractivity contribution in [2.24, 2.45) is 5.41 Å². The molecule has 12 heteroatoms. The van der Waals surface area contributed by atoms with Gasteiger partial charge in [-0.15, -0.1) is 0 Å². The summed E-state index contributed by atoms with van der Waals surface area (Å²) < 4.78 is 33.2. The van der Waals surface area contributed by atoms with Gasteiger partial charge in [-0.05, 0) is 24.0 Å². The fourth-order valence-electron chi connectivity index (χ4n) is 2.42. The molecule has 1 fully saturated rings. The van der Waals surface area contributed by atoms with E-state index >= 15 is 0 Å². The number of halogens is 3. The molecule has 0 atom stereocenters. The Balaban J connectivity index is 0.000000396. The van der Waals surface area contributed by atoms with Crippen LogP contribution in [-0.2, 0) is 20.9 Å². The molecule has 0 radical (unpaired) electrons. The summed E-state index contributed by atoms with van der Waals surface area (Å²) >= 11 is 0. The zero-order chi connectivity index (χ0) is 22.4. The lowest BCUT2D eigenvalue weighted by atomic mass is 9.98. The Labute approximate surface area is 168 Å². The minimum Gasteiger partial charge on any atom is -0.542 e. The molecule has 0 amide bonds. The molecular formula is C18H17F3N4O5. The van der Waals surface area contributed by atoms with Crippen LogP contribution in [0.3, 0.4) is 0 Å². The molecular weight excluding hydrogens is 409 g/mol. The topological polar surface area (TPSA) is 137 Å². The number of aryl methyl sites for hydroxylation is 1. The molecule has 2 aromatic heterocycles. The number of hydrogen-bond acceptors (Lipinski definition) is 7. The Hall–Kier alpha value is -3.44. The van der Waals surface area contributed by atoms with Crippen molar-refractivity contribution in [2.75, 3.05) is 0 Å². The molecule has 1 aliphatic carbocycles. The first-order valence-electron chi connectivity index (χ1n) is 8.70. The molecule has 1 aliphatic rings. The molecule has 2 heterocycles. The molecule has 0 aromatic carbocycles. The number of ketones is 1. The van der Waals surface area contributed by atoms with Gasteiger partial charge in [0.25, 0.3) is 0 Å². The third-order valence-electron chi connectivity index (χ3n) is 4.29. The molecule has 3 rings (SSSR count). The van der Waals surface area contributed by atoms with Crippen molar-refractivity contribution >= 4 is 17.7 Å². The number of carbonyl (C=O) groups is 3. The molecule has 0 aliphatic heterocycles. The van der Waals surface area contributed by atoms with Crippen LogP contribution in [0.25, 0.3) is 11.4 Å². The standard InChI is InChI=1S/C16H16N4O3.C2HF3O2/c21-13(10-16(4-5-16)15(22)23)3-9-20-8-2-12(11-19-20)14-17-6-1-7-18-14;3-2(4,5)1(6)7/h1-2,6-8,11H,3-5,9-10H2;(H,6,7). The molecule has 0 saturated heterocycles. The maximum atomic E-state index is 11.9. The van der Waals surface area contributed by atoms with Gasteiger partial charge in [-0.1, -0.05) is 4.68 Å². The zero-order valence-corrected chi connectivity index (χ0v) is 15.5. The summed E-state index contributed by atoms with van der Waals surface area (Å²) in [6, 6.07) is 3.59. The predicted octanol–water partition coefficient (Wildman–Crippen LogP) is 0.339. The van der Waals surface area contributed by atoms with E-state index in [9.17, 15) is 22.8 Å². The van der Waals surface area contributed by atoms with Crippen LogP contribution in [0.2, 0.25) is 0 Å². The Morgan fingerprint density at radius 2 is 1.80 bits per heavy atom. The summed E-state index contributed by atoms with van der Waals surface area (Å²) in [5.74, 6) is -3.30. The van der Waals surface area contributed by atoms with Gasteiger partial charge in [0.05, 0.1) is 11.8 Å². The summed E-state index contributed by atoms with van der Waals surface area (Å²) in [7, 11) is 0. The summed E-state index contributed by atoms with van der Waals surface area (Å²) in [6.07, 6.45) is 3.17. The van der Waals surface area contributed by atoms with Crippen molar-refractivity contribution in [3.63, 3.8) is 0 Å². The largest absolute Gasteiger partial charge is 0.542 e. The van der Waals surface area contributed by atoms with E-state index in [4.69, 9.17) is 15.0 Å². The van der Waals surface area contributed by atoms with E-state index in [1.165, 1.54) is 0 Å². The Morgan fingerprint density at radius 3 is 2.23 bits per heavy atom. The minimum absolute atomic E-state index is 0.0327. The van der Waals surface area contributed by atoms with Crippen LogP contribution < -0.4 is 9.79 Å². The number of carboxylic acids is 2. The van der Waals surface area contributed by atoms with Crippen molar-refractivity contribution in [1.82, 2.24) is 15.1 Å². The Bertz CT molecular complexity index is 900. The van der Waals surface area contributed by atoms with E-state index < -0.39 is 23.5 Å². The number of aliphatic carboxylic acids is 2. The lowest BCUT2D eigenvalue weighted by molar-refractivity contribution is -0.752. The number of carbonyl (C=O) groups excluding carboxylic acids is 2. The monoisotopic (exact) mass is 426 g/mol. The SMILES string of the molecule is O=C(CC[n+]1ccc(-c2ncccn2)cn1)CC1(C(=O)O)CC1.O=C([O-])C(F)(F)F. The van der Waals surface area contributed by atoms with Gasteiger partial charge in [-0.25, -0.2) is 9.97 Å². The molecule has 0 unspecified atom stereocenters. The number of rotatable bonds is 7. The average Bonchev–Trinajstić information content (AvgIpc) is 3.48. The van der Waals surface area contributed by atoms with Crippen LogP contribution in [0.1, 0.15) is 25.7 Å². The highest BCUT2D eigenvalue weighted by atomic mass is 19.4. The summed E-state index contributed by atoms with van der Waals surface area (Å²) in [5.41, 5.74) is 0.0138. The van der Waals surface area contributed by atoms with Crippen molar-refractivity contribution in [3.8, 4) is 11.4 Å². The van der Waals surface area contributed by atoms with Crippen LogP contribution in [0, 0.1) is 5.41 Å². The summed E-state index contributed by atoms with van der Waals surface area (Å²) in [5, 5.41) is 22.1. The summed E-state index contributed by atoms with van der Waals surface area (Å²) in [4.78, 5) is 40.1. The molecule has 1 saturated carbocycles. The summed E-state index contributed by atoms with van der Waals surface area (Å²) in [6.45, 7) is 0.435. The van der Waals surface area contributed by atoms with Gasteiger partial charge in [0.1, 0.15) is 17.9 Å². The molecule has 0 bridgehead atoms. The Kier molecular flexibility index (Phi) is 7.14. The maximum absolute atomic E-state index is 11.9. The fraction of sp³-hybridized carbons (Fsp3) is 0.389. The lowest BCUT2D eigenvalue weighted by Crippen LogP contribution is -2.38. The lowest BCUT2D eigenvalue weighted by Gasteiger charge is -2.06. The first-order valence-corrected chi connectivity index (χ1v) is 8.70. The van der Waals surface area contributed by atoms with Gasteiger partial charge in [0.2, 0.25) is 0 Å². The number of Topliss-reactive ketones (excluding diaryl/α,β-unsaturated/α-hetero) is 1. The molecule has 9 nitrogen and oxygen atoms in total. The third kappa shape index (κ3) is 6.57. The molecule has 2 aromatic rings. The highest BCUT2D eigenvalue weighted by Gasteiger charge is 2.51. The first kappa shape index (κ1) is 22.8. The molecule has 30 heavy (non-hydrogen) atoms. The number of carboxylic acid groups (broad SMARTS) is 2. The highest BCUT2D eigenvalue weighted by molar-refractivity contribution is 5.88. The highest BCUT2D eigenvalue weighted by Crippen LogP contribution is 2.49. The van der Waals surface area contributed by atoms with E-state index in [-0.39, 0.29) is 18.6 Å². The third-order valence-corrected chi connectivity index (χ3v) is 4.29. The van der Waals surface area contributed by atoms with Crippen molar-refractivity contribution in [2.45, 2.75) is 38.4 Å². The van der Waals surface area contributed by atoms with Gasteiger partial charge in [-0.2, -0.15) is 13.2 Å². The van der Waals surface area contributed by atoms with Crippen molar-refractivity contribution in [3.05, 3.63) is 36.9 Å². The van der Waals surface area contributed by atoms with Gasteiger partial charge in [0, 0.05) is 30.4 Å². The second-order valence-electron chi connectivity index (χ2n) is 6.59. The molecule has 160 valence electrons. The number of alkyl halides is 3. The average molecular weight is 426 g/mol. The van der Waals surface area contributed by atoms with Crippen molar-refractivity contribution < 1.29 is 42.4 Å². The van der Waals surface area contributed by atoms with Crippen LogP contribution in [0.5, 0.6) is 0 Å². The Morgan fingerprint density at radius 1 is 1.20 bits per heavy atom. The smallest absolute Gasteiger partial charge is 0.430 e. The van der Waals surface area contributed by atoms with Gasteiger partial charge >= 0.3 is 12.1 Å². The molecule has 1 N–H and O–H groups in total. The van der Waals surface area contributed by atoms with E-state index in [1.807, 2.05) is 6.07 Å². The van der Waals surface area contributed by atoms with Crippen LogP contribution in [-0.4, -0.2) is 44.1 Å². The second kappa shape index (κ2) is 9.37. The first-order chi connectivity index (χ1) is 14.0. The normalized spacial score (nSPS) is 14.2. The minimum atomic E-state index is -5.19.